The first-order chi connectivity index (χ1) is 10.5. The van der Waals surface area contributed by atoms with Gasteiger partial charge >= 0.3 is 0 Å². The fourth-order valence-electron chi connectivity index (χ4n) is 2.83. The molecule has 0 aromatic heterocycles. The maximum atomic E-state index is 12.4. The molecule has 2 atom stereocenters. The van der Waals surface area contributed by atoms with Gasteiger partial charge in [-0.05, 0) is 26.2 Å². The van der Waals surface area contributed by atoms with Crippen molar-refractivity contribution in [1.82, 2.24) is 10.6 Å². The zero-order valence-electron chi connectivity index (χ0n) is 13.3. The summed E-state index contributed by atoms with van der Waals surface area (Å²) in [6.07, 6.45) is 5.57. The minimum Gasteiger partial charge on any atom is -0.394 e. The summed E-state index contributed by atoms with van der Waals surface area (Å²) in [6.45, 7) is 5.11. The molecule has 0 saturated heterocycles. The number of carbonyl (C=O) groups excluding carboxylic acids is 2. The van der Waals surface area contributed by atoms with Crippen LogP contribution in [-0.4, -0.2) is 46.8 Å². The predicted molar refractivity (Wildman–Crippen MR) is 84.0 cm³/mol. The molecule has 2 amide bonds. The summed E-state index contributed by atoms with van der Waals surface area (Å²) in [7, 11) is 0. The Labute approximate surface area is 132 Å². The van der Waals surface area contributed by atoms with Gasteiger partial charge in [-0.3, -0.25) is 9.59 Å². The van der Waals surface area contributed by atoms with Gasteiger partial charge in [0.15, 0.2) is 0 Å². The standard InChI is InChI=1S/C16H28N2O4/c1-3-6-13(9-14(21)17-12(2)10-19)15(22)18-16(11-20)7-4-5-8-16/h3,12-13,19-20H,1,4-11H2,2H3,(H,17,21)(H,18,22)/t12-,13-/m1/s1. The van der Waals surface area contributed by atoms with Gasteiger partial charge in [0.1, 0.15) is 0 Å². The van der Waals surface area contributed by atoms with Gasteiger partial charge in [0.2, 0.25) is 11.8 Å². The molecule has 0 unspecified atom stereocenters. The van der Waals surface area contributed by atoms with E-state index in [1.54, 1.807) is 13.0 Å². The Bertz CT molecular complexity index is 392. The van der Waals surface area contributed by atoms with Crippen molar-refractivity contribution in [3.63, 3.8) is 0 Å². The fraction of sp³-hybridized carbons (Fsp3) is 0.750. The molecule has 6 heteroatoms. The normalized spacial score (nSPS) is 19.2. The van der Waals surface area contributed by atoms with E-state index in [2.05, 4.69) is 17.2 Å². The van der Waals surface area contributed by atoms with Crippen molar-refractivity contribution >= 4 is 11.8 Å². The molecule has 4 N–H and O–H groups in total. The number of aliphatic hydroxyl groups excluding tert-OH is 2. The van der Waals surface area contributed by atoms with Crippen LogP contribution in [0.5, 0.6) is 0 Å². The lowest BCUT2D eigenvalue weighted by Crippen LogP contribution is -2.51. The van der Waals surface area contributed by atoms with Crippen molar-refractivity contribution in [2.75, 3.05) is 13.2 Å². The molecular formula is C16H28N2O4. The largest absolute Gasteiger partial charge is 0.394 e. The molecule has 126 valence electrons. The smallest absolute Gasteiger partial charge is 0.224 e. The van der Waals surface area contributed by atoms with Crippen LogP contribution in [0.4, 0.5) is 0 Å². The summed E-state index contributed by atoms with van der Waals surface area (Å²) in [5, 5.41) is 24.1. The Morgan fingerprint density at radius 3 is 2.45 bits per heavy atom. The maximum Gasteiger partial charge on any atom is 0.224 e. The fourth-order valence-corrected chi connectivity index (χ4v) is 2.83. The number of carbonyl (C=O) groups is 2. The van der Waals surface area contributed by atoms with Crippen molar-refractivity contribution in [3.8, 4) is 0 Å². The molecule has 1 saturated carbocycles. The second-order valence-corrected chi connectivity index (χ2v) is 6.21. The Balaban J connectivity index is 2.62. The topological polar surface area (TPSA) is 98.7 Å². The molecule has 0 spiro atoms. The Morgan fingerprint density at radius 2 is 1.95 bits per heavy atom. The highest BCUT2D eigenvalue weighted by Gasteiger charge is 2.36. The van der Waals surface area contributed by atoms with Crippen LogP contribution >= 0.6 is 0 Å². The van der Waals surface area contributed by atoms with E-state index in [9.17, 15) is 14.7 Å². The highest BCUT2D eigenvalue weighted by atomic mass is 16.3. The van der Waals surface area contributed by atoms with Gasteiger partial charge in [0.05, 0.1) is 24.7 Å². The van der Waals surface area contributed by atoms with Crippen LogP contribution in [0.1, 0.15) is 45.4 Å². The summed E-state index contributed by atoms with van der Waals surface area (Å²) in [6, 6.07) is -0.335. The van der Waals surface area contributed by atoms with Crippen LogP contribution in [0, 0.1) is 5.92 Å². The number of hydrogen-bond donors (Lipinski definition) is 4. The third kappa shape index (κ3) is 5.42. The molecule has 0 bridgehead atoms. The van der Waals surface area contributed by atoms with Crippen molar-refractivity contribution < 1.29 is 19.8 Å². The van der Waals surface area contributed by atoms with Gasteiger partial charge < -0.3 is 20.8 Å². The number of allylic oxidation sites excluding steroid dienone is 1. The van der Waals surface area contributed by atoms with Gasteiger partial charge in [-0.1, -0.05) is 18.9 Å². The van der Waals surface area contributed by atoms with Crippen LogP contribution in [0.3, 0.4) is 0 Å². The molecule has 0 heterocycles. The van der Waals surface area contributed by atoms with Gasteiger partial charge in [0, 0.05) is 12.5 Å². The van der Waals surface area contributed by atoms with Crippen LogP contribution in [0.25, 0.3) is 0 Å². The quantitative estimate of drug-likeness (QED) is 0.466. The monoisotopic (exact) mass is 312 g/mol. The minimum absolute atomic E-state index is 0.0453. The third-order valence-corrected chi connectivity index (χ3v) is 4.19. The number of amides is 2. The van der Waals surface area contributed by atoms with Crippen molar-refractivity contribution in [1.29, 1.82) is 0 Å². The lowest BCUT2D eigenvalue weighted by atomic mass is 9.94. The van der Waals surface area contributed by atoms with E-state index in [1.165, 1.54) is 0 Å². The highest BCUT2D eigenvalue weighted by Crippen LogP contribution is 2.29. The molecule has 6 nitrogen and oxygen atoms in total. The van der Waals surface area contributed by atoms with E-state index in [0.717, 1.165) is 25.7 Å². The van der Waals surface area contributed by atoms with E-state index < -0.39 is 11.5 Å². The highest BCUT2D eigenvalue weighted by molar-refractivity contribution is 5.86. The average Bonchev–Trinajstić information content (AvgIpc) is 2.95. The number of rotatable bonds is 9. The average molecular weight is 312 g/mol. The molecule has 0 aromatic rings. The Kier molecular flexibility index (Phi) is 7.55. The van der Waals surface area contributed by atoms with Crippen LogP contribution in [0.15, 0.2) is 12.7 Å². The number of nitrogens with one attached hydrogen (secondary N) is 2. The van der Waals surface area contributed by atoms with Crippen LogP contribution in [0.2, 0.25) is 0 Å². The first-order valence-electron chi connectivity index (χ1n) is 7.90. The van der Waals surface area contributed by atoms with E-state index in [4.69, 9.17) is 5.11 Å². The van der Waals surface area contributed by atoms with E-state index in [0.29, 0.717) is 6.42 Å². The molecular weight excluding hydrogens is 284 g/mol. The Hall–Kier alpha value is -1.40. The van der Waals surface area contributed by atoms with Crippen molar-refractivity contribution in [2.24, 2.45) is 5.92 Å². The van der Waals surface area contributed by atoms with Crippen molar-refractivity contribution in [3.05, 3.63) is 12.7 Å². The van der Waals surface area contributed by atoms with Gasteiger partial charge in [-0.2, -0.15) is 0 Å². The predicted octanol–water partition coefficient (Wildman–Crippen LogP) is 0.487. The summed E-state index contributed by atoms with van der Waals surface area (Å²) in [5.41, 5.74) is -0.536. The summed E-state index contributed by atoms with van der Waals surface area (Å²) < 4.78 is 0. The summed E-state index contributed by atoms with van der Waals surface area (Å²) in [4.78, 5) is 24.3. The SMILES string of the molecule is C=CC[C@H](CC(=O)N[C@H](C)CO)C(=O)NC1(CO)CCCC1. The van der Waals surface area contributed by atoms with E-state index in [-0.39, 0.29) is 37.5 Å². The third-order valence-electron chi connectivity index (χ3n) is 4.19. The zero-order valence-corrected chi connectivity index (χ0v) is 13.3. The lowest BCUT2D eigenvalue weighted by molar-refractivity contribution is -0.132. The first kappa shape index (κ1) is 18.6. The molecule has 22 heavy (non-hydrogen) atoms. The molecule has 1 aliphatic carbocycles. The molecule has 0 aromatic carbocycles. The second kappa shape index (κ2) is 8.90. The minimum atomic E-state index is -0.536. The van der Waals surface area contributed by atoms with Gasteiger partial charge in [-0.25, -0.2) is 0 Å². The summed E-state index contributed by atoms with van der Waals surface area (Å²) >= 11 is 0. The number of aliphatic hydroxyl groups is 2. The summed E-state index contributed by atoms with van der Waals surface area (Å²) in [5.74, 6) is -0.997. The molecule has 1 fully saturated rings. The van der Waals surface area contributed by atoms with Gasteiger partial charge in [0.25, 0.3) is 0 Å². The first-order valence-corrected chi connectivity index (χ1v) is 7.90. The zero-order chi connectivity index (χ0) is 16.6. The second-order valence-electron chi connectivity index (χ2n) is 6.21. The van der Waals surface area contributed by atoms with E-state index in [1.807, 2.05) is 0 Å². The van der Waals surface area contributed by atoms with Crippen LogP contribution < -0.4 is 10.6 Å². The van der Waals surface area contributed by atoms with Crippen molar-refractivity contribution in [2.45, 2.75) is 57.0 Å². The molecule has 0 radical (unpaired) electrons. The van der Waals surface area contributed by atoms with Gasteiger partial charge in [-0.15, -0.1) is 6.58 Å². The molecule has 0 aliphatic heterocycles. The Morgan fingerprint density at radius 1 is 1.32 bits per heavy atom. The van der Waals surface area contributed by atoms with E-state index >= 15 is 0 Å². The number of hydrogen-bond acceptors (Lipinski definition) is 4. The maximum absolute atomic E-state index is 12.4. The lowest BCUT2D eigenvalue weighted by Gasteiger charge is -2.30. The molecule has 1 aliphatic rings. The van der Waals surface area contributed by atoms with Crippen LogP contribution in [-0.2, 0) is 9.59 Å². The molecule has 1 rings (SSSR count).